The zero-order chi connectivity index (χ0) is 22.2. The monoisotopic (exact) mass is 425 g/mol. The first kappa shape index (κ1) is 20.4. The Labute approximate surface area is 186 Å². The highest BCUT2D eigenvalue weighted by atomic mass is 16.1. The van der Waals surface area contributed by atoms with Crippen LogP contribution in [-0.4, -0.2) is 24.1 Å². The maximum atomic E-state index is 13.7. The van der Waals surface area contributed by atoms with Gasteiger partial charge >= 0.3 is 0 Å². The van der Waals surface area contributed by atoms with Crippen LogP contribution in [0.2, 0.25) is 0 Å². The molecule has 5 aromatic rings. The first-order valence-electron chi connectivity index (χ1n) is 11.4. The van der Waals surface area contributed by atoms with Crippen LogP contribution < -0.4 is 5.56 Å². The molecular formula is C26H27N5O. The molecule has 3 heterocycles. The second kappa shape index (κ2) is 8.19. The van der Waals surface area contributed by atoms with E-state index < -0.39 is 0 Å². The lowest BCUT2D eigenvalue weighted by molar-refractivity contribution is 0.570. The number of fused-ring (bicyclic) bond motifs is 4. The standard InChI is InChI=1S/C26H27N5O/c1-4-6-9-16-30-17(3)27-24-22(26(30)32)23-25(29-21-11-8-7-10-20(21)28-23)31(24)19-14-12-18(5-2)13-15-19/h7-8,10-15H,4-6,9,16H2,1-3H3. The second-order valence-electron chi connectivity index (χ2n) is 8.26. The van der Waals surface area contributed by atoms with Gasteiger partial charge in [0.15, 0.2) is 11.3 Å². The Morgan fingerprint density at radius 1 is 0.844 bits per heavy atom. The Kier molecular flexibility index (Phi) is 5.21. The summed E-state index contributed by atoms with van der Waals surface area (Å²) in [5, 5.41) is 0.542. The molecule has 5 rings (SSSR count). The number of aryl methyl sites for hydroxylation is 2. The fourth-order valence-electron chi connectivity index (χ4n) is 4.34. The minimum absolute atomic E-state index is 0.0397. The predicted octanol–water partition coefficient (Wildman–Crippen LogP) is 5.34. The minimum atomic E-state index is -0.0397. The van der Waals surface area contributed by atoms with Crippen LogP contribution in [0.4, 0.5) is 0 Å². The van der Waals surface area contributed by atoms with Crippen LogP contribution in [0.3, 0.4) is 0 Å². The molecule has 32 heavy (non-hydrogen) atoms. The minimum Gasteiger partial charge on any atom is -0.296 e. The van der Waals surface area contributed by atoms with Gasteiger partial charge in [-0.1, -0.05) is 51.0 Å². The number of hydrogen-bond acceptors (Lipinski definition) is 4. The van der Waals surface area contributed by atoms with E-state index in [1.165, 1.54) is 5.56 Å². The fraction of sp³-hybridized carbons (Fsp3) is 0.308. The van der Waals surface area contributed by atoms with Crippen LogP contribution in [0, 0.1) is 6.92 Å². The molecule has 6 nitrogen and oxygen atoms in total. The van der Waals surface area contributed by atoms with E-state index in [1.807, 2.05) is 35.8 Å². The Bertz CT molecular complexity index is 1500. The average Bonchev–Trinajstić information content (AvgIpc) is 3.12. The van der Waals surface area contributed by atoms with Crippen molar-refractivity contribution in [2.75, 3.05) is 0 Å². The second-order valence-corrected chi connectivity index (χ2v) is 8.26. The summed E-state index contributed by atoms with van der Waals surface area (Å²) in [5.41, 5.74) is 5.62. The van der Waals surface area contributed by atoms with Gasteiger partial charge in [-0.3, -0.25) is 13.9 Å². The van der Waals surface area contributed by atoms with Gasteiger partial charge in [-0.05, 0) is 49.6 Å². The van der Waals surface area contributed by atoms with Gasteiger partial charge in [-0.15, -0.1) is 0 Å². The number of rotatable bonds is 6. The van der Waals surface area contributed by atoms with Gasteiger partial charge in [0.05, 0.1) is 11.0 Å². The van der Waals surface area contributed by atoms with E-state index in [1.54, 1.807) is 4.57 Å². The largest absolute Gasteiger partial charge is 0.296 e. The van der Waals surface area contributed by atoms with Crippen molar-refractivity contribution in [2.45, 2.75) is 53.0 Å². The van der Waals surface area contributed by atoms with Crippen molar-refractivity contribution in [3.63, 3.8) is 0 Å². The van der Waals surface area contributed by atoms with Crippen LogP contribution >= 0.6 is 0 Å². The van der Waals surface area contributed by atoms with E-state index in [9.17, 15) is 4.79 Å². The molecule has 0 aliphatic heterocycles. The summed E-state index contributed by atoms with van der Waals surface area (Å²) in [4.78, 5) is 28.4. The van der Waals surface area contributed by atoms with E-state index in [-0.39, 0.29) is 5.56 Å². The van der Waals surface area contributed by atoms with E-state index in [0.717, 1.165) is 48.2 Å². The quantitative estimate of drug-likeness (QED) is 0.344. The maximum absolute atomic E-state index is 13.7. The molecule has 0 spiro atoms. The lowest BCUT2D eigenvalue weighted by Gasteiger charge is -2.11. The Hall–Kier alpha value is -3.54. The van der Waals surface area contributed by atoms with Gasteiger partial charge in [0, 0.05) is 12.2 Å². The lowest BCUT2D eigenvalue weighted by atomic mass is 10.1. The molecule has 6 heteroatoms. The first-order valence-corrected chi connectivity index (χ1v) is 11.4. The summed E-state index contributed by atoms with van der Waals surface area (Å²) < 4.78 is 3.77. The van der Waals surface area contributed by atoms with Crippen molar-refractivity contribution in [2.24, 2.45) is 0 Å². The Balaban J connectivity index is 1.87. The number of benzene rings is 2. The van der Waals surface area contributed by atoms with Gasteiger partial charge in [0.2, 0.25) is 0 Å². The van der Waals surface area contributed by atoms with E-state index >= 15 is 0 Å². The van der Waals surface area contributed by atoms with Crippen LogP contribution in [0.25, 0.3) is 38.9 Å². The summed E-state index contributed by atoms with van der Waals surface area (Å²) >= 11 is 0. The zero-order valence-electron chi connectivity index (χ0n) is 18.8. The number of aromatic nitrogens is 5. The van der Waals surface area contributed by atoms with Gasteiger partial charge < -0.3 is 0 Å². The topological polar surface area (TPSA) is 65.6 Å². The molecule has 0 saturated heterocycles. The molecule has 0 unspecified atom stereocenters. The molecule has 0 saturated carbocycles. The number of nitrogens with zero attached hydrogens (tertiary/aromatic N) is 5. The van der Waals surface area contributed by atoms with Crippen LogP contribution in [-0.2, 0) is 13.0 Å². The van der Waals surface area contributed by atoms with E-state index in [4.69, 9.17) is 15.0 Å². The van der Waals surface area contributed by atoms with Crippen molar-refractivity contribution < 1.29 is 0 Å². The van der Waals surface area contributed by atoms with Crippen molar-refractivity contribution in [1.82, 2.24) is 24.1 Å². The number of unbranched alkanes of at least 4 members (excludes halogenated alkanes) is 2. The molecule has 3 aromatic heterocycles. The molecule has 0 N–H and O–H groups in total. The highest BCUT2D eigenvalue weighted by Crippen LogP contribution is 2.29. The zero-order valence-corrected chi connectivity index (χ0v) is 18.8. The Morgan fingerprint density at radius 2 is 1.56 bits per heavy atom. The van der Waals surface area contributed by atoms with Crippen molar-refractivity contribution in [3.8, 4) is 5.69 Å². The molecule has 162 valence electrons. The third kappa shape index (κ3) is 3.27. The van der Waals surface area contributed by atoms with E-state index in [2.05, 4.69) is 38.1 Å². The molecular weight excluding hydrogens is 398 g/mol. The summed E-state index contributed by atoms with van der Waals surface area (Å²) in [6.07, 6.45) is 4.11. The van der Waals surface area contributed by atoms with Gasteiger partial charge in [0.1, 0.15) is 16.7 Å². The normalized spacial score (nSPS) is 11.7. The molecule has 0 fully saturated rings. The summed E-state index contributed by atoms with van der Waals surface area (Å²) in [6, 6.07) is 16.1. The van der Waals surface area contributed by atoms with Gasteiger partial charge in [-0.2, -0.15) is 0 Å². The molecule has 0 amide bonds. The third-order valence-corrected chi connectivity index (χ3v) is 6.14. The van der Waals surface area contributed by atoms with Gasteiger partial charge in [-0.25, -0.2) is 15.0 Å². The SMILES string of the molecule is CCCCCn1c(C)nc2c(c1=O)c1nc3ccccc3nc1n2-c1ccc(CC)cc1. The predicted molar refractivity (Wildman–Crippen MR) is 130 cm³/mol. The van der Waals surface area contributed by atoms with Crippen molar-refractivity contribution in [1.29, 1.82) is 0 Å². The summed E-state index contributed by atoms with van der Waals surface area (Å²) in [5.74, 6) is 0.720. The Morgan fingerprint density at radius 3 is 2.25 bits per heavy atom. The number of hydrogen-bond donors (Lipinski definition) is 0. The van der Waals surface area contributed by atoms with Crippen LogP contribution in [0.1, 0.15) is 44.5 Å². The van der Waals surface area contributed by atoms with Crippen LogP contribution in [0.15, 0.2) is 53.3 Å². The molecule has 0 bridgehead atoms. The molecule has 0 aliphatic rings. The highest BCUT2D eigenvalue weighted by molar-refractivity contribution is 6.05. The first-order chi connectivity index (χ1) is 15.6. The molecule has 0 aliphatic carbocycles. The maximum Gasteiger partial charge on any atom is 0.265 e. The average molecular weight is 426 g/mol. The molecule has 0 atom stereocenters. The highest BCUT2D eigenvalue weighted by Gasteiger charge is 2.22. The smallest absolute Gasteiger partial charge is 0.265 e. The third-order valence-electron chi connectivity index (χ3n) is 6.14. The summed E-state index contributed by atoms with van der Waals surface area (Å²) in [6.45, 7) is 6.88. The van der Waals surface area contributed by atoms with Crippen LogP contribution in [0.5, 0.6) is 0 Å². The molecule has 2 aromatic carbocycles. The van der Waals surface area contributed by atoms with Crippen molar-refractivity contribution in [3.05, 3.63) is 70.3 Å². The van der Waals surface area contributed by atoms with E-state index in [0.29, 0.717) is 28.7 Å². The summed E-state index contributed by atoms with van der Waals surface area (Å²) in [7, 11) is 0. The van der Waals surface area contributed by atoms with Gasteiger partial charge in [0.25, 0.3) is 5.56 Å². The number of para-hydroxylation sites is 2. The van der Waals surface area contributed by atoms with Crippen molar-refractivity contribution >= 4 is 33.2 Å². The molecule has 0 radical (unpaired) electrons. The fourth-order valence-corrected chi connectivity index (χ4v) is 4.34. The lowest BCUT2D eigenvalue weighted by Crippen LogP contribution is -2.24.